The highest BCUT2D eigenvalue weighted by Crippen LogP contribution is 2.34. The first-order chi connectivity index (χ1) is 6.24. The average molecular weight is 250 g/mol. The fourth-order valence-electron chi connectivity index (χ4n) is 0.681. The van der Waals surface area contributed by atoms with Crippen LogP contribution >= 0.6 is 46.0 Å². The molecule has 2 aromatic heterocycles. The Labute approximate surface area is 92.2 Å². The van der Waals surface area contributed by atoms with E-state index in [2.05, 4.69) is 15.2 Å². The van der Waals surface area contributed by atoms with Crippen molar-refractivity contribution in [3.05, 3.63) is 15.5 Å². The van der Waals surface area contributed by atoms with Crippen LogP contribution in [0.3, 0.4) is 0 Å². The molecule has 0 saturated carbocycles. The Balaban J connectivity index is 2.14. The summed E-state index contributed by atoms with van der Waals surface area (Å²) in [6.07, 6.45) is 1.64. The normalized spacial score (nSPS) is 10.6. The van der Waals surface area contributed by atoms with Gasteiger partial charge >= 0.3 is 0 Å². The Morgan fingerprint density at radius 3 is 2.69 bits per heavy atom. The number of halogens is 1. The van der Waals surface area contributed by atoms with E-state index in [-0.39, 0.29) is 0 Å². The largest absolute Gasteiger partial charge is 0.236 e. The van der Waals surface area contributed by atoms with Gasteiger partial charge in [-0.15, -0.1) is 10.2 Å². The van der Waals surface area contributed by atoms with Gasteiger partial charge < -0.3 is 0 Å². The van der Waals surface area contributed by atoms with E-state index in [0.29, 0.717) is 4.34 Å². The number of hydrogen-bond acceptors (Lipinski definition) is 6. The lowest BCUT2D eigenvalue weighted by atomic mass is 10.9. The van der Waals surface area contributed by atoms with Gasteiger partial charge in [-0.25, -0.2) is 4.98 Å². The highest BCUT2D eigenvalue weighted by molar-refractivity contribution is 8.02. The van der Waals surface area contributed by atoms with Crippen LogP contribution in [0.15, 0.2) is 14.9 Å². The van der Waals surface area contributed by atoms with Crippen LogP contribution in [0.5, 0.6) is 0 Å². The maximum Gasteiger partial charge on any atom is 0.181 e. The average Bonchev–Trinajstić information content (AvgIpc) is 2.62. The molecule has 0 aliphatic carbocycles. The fraction of sp³-hybridized carbons (Fsp3) is 0.167. The lowest BCUT2D eigenvalue weighted by Gasteiger charge is -1.85. The third-order valence-electron chi connectivity index (χ3n) is 1.14. The first kappa shape index (κ1) is 9.39. The Hall–Kier alpha value is -0.170. The number of nitrogens with zero attached hydrogens (tertiary/aromatic N) is 3. The molecule has 13 heavy (non-hydrogen) atoms. The molecular weight excluding hydrogens is 246 g/mol. The van der Waals surface area contributed by atoms with Gasteiger partial charge in [0.15, 0.2) is 8.68 Å². The second-order valence-electron chi connectivity index (χ2n) is 2.12. The van der Waals surface area contributed by atoms with Crippen molar-refractivity contribution in [2.24, 2.45) is 0 Å². The van der Waals surface area contributed by atoms with Crippen LogP contribution in [0.4, 0.5) is 0 Å². The van der Waals surface area contributed by atoms with Gasteiger partial charge in [0, 0.05) is 0 Å². The standard InChI is InChI=1S/C6H4ClN3S3/c1-3-9-10-6(11-3)13-5-8-2-4(7)12-5/h2H,1H3. The molecule has 2 rings (SSSR count). The molecule has 0 aliphatic heterocycles. The lowest BCUT2D eigenvalue weighted by molar-refractivity contribution is 0.983. The van der Waals surface area contributed by atoms with E-state index in [1.54, 1.807) is 17.5 Å². The van der Waals surface area contributed by atoms with Crippen molar-refractivity contribution < 1.29 is 0 Å². The fourth-order valence-corrected chi connectivity index (χ4v) is 3.81. The molecule has 0 amide bonds. The van der Waals surface area contributed by atoms with Crippen molar-refractivity contribution >= 4 is 46.0 Å². The molecule has 0 atom stereocenters. The summed E-state index contributed by atoms with van der Waals surface area (Å²) >= 11 is 10.2. The monoisotopic (exact) mass is 249 g/mol. The molecule has 0 N–H and O–H groups in total. The van der Waals surface area contributed by atoms with Gasteiger partial charge in [0.25, 0.3) is 0 Å². The topological polar surface area (TPSA) is 38.7 Å². The predicted molar refractivity (Wildman–Crippen MR) is 55.9 cm³/mol. The Morgan fingerprint density at radius 2 is 2.15 bits per heavy atom. The van der Waals surface area contributed by atoms with Crippen LogP contribution < -0.4 is 0 Å². The zero-order chi connectivity index (χ0) is 9.26. The van der Waals surface area contributed by atoms with E-state index in [4.69, 9.17) is 11.6 Å². The second kappa shape index (κ2) is 3.91. The molecule has 2 aromatic rings. The molecule has 0 spiro atoms. The summed E-state index contributed by atoms with van der Waals surface area (Å²) in [7, 11) is 0. The maximum absolute atomic E-state index is 5.74. The van der Waals surface area contributed by atoms with Crippen molar-refractivity contribution in [2.45, 2.75) is 15.6 Å². The number of rotatable bonds is 2. The number of aryl methyl sites for hydroxylation is 1. The molecule has 0 unspecified atom stereocenters. The highest BCUT2D eigenvalue weighted by atomic mass is 35.5. The van der Waals surface area contributed by atoms with Gasteiger partial charge in [-0.2, -0.15) is 0 Å². The van der Waals surface area contributed by atoms with E-state index in [0.717, 1.165) is 13.7 Å². The Morgan fingerprint density at radius 1 is 1.31 bits per heavy atom. The van der Waals surface area contributed by atoms with Gasteiger partial charge in [-0.3, -0.25) is 0 Å². The highest BCUT2D eigenvalue weighted by Gasteiger charge is 2.06. The number of hydrogen-bond donors (Lipinski definition) is 0. The number of thiazole rings is 1. The van der Waals surface area contributed by atoms with Gasteiger partial charge in [0.05, 0.1) is 6.20 Å². The summed E-state index contributed by atoms with van der Waals surface area (Å²) < 4.78 is 2.51. The molecule has 7 heteroatoms. The van der Waals surface area contributed by atoms with Crippen LogP contribution in [0.2, 0.25) is 4.34 Å². The van der Waals surface area contributed by atoms with Crippen molar-refractivity contribution in [3.63, 3.8) is 0 Å². The quantitative estimate of drug-likeness (QED) is 0.820. The van der Waals surface area contributed by atoms with Crippen LogP contribution in [-0.4, -0.2) is 15.2 Å². The van der Waals surface area contributed by atoms with E-state index in [1.807, 2.05) is 6.92 Å². The molecule has 0 fully saturated rings. The lowest BCUT2D eigenvalue weighted by Crippen LogP contribution is -1.70. The summed E-state index contributed by atoms with van der Waals surface area (Å²) in [5.41, 5.74) is 0. The molecular formula is C6H4ClN3S3. The molecule has 0 aromatic carbocycles. The van der Waals surface area contributed by atoms with Gasteiger partial charge in [0.1, 0.15) is 9.34 Å². The summed E-state index contributed by atoms with van der Waals surface area (Å²) in [4.78, 5) is 4.11. The summed E-state index contributed by atoms with van der Waals surface area (Å²) in [5, 5.41) is 8.85. The van der Waals surface area contributed by atoms with E-state index >= 15 is 0 Å². The van der Waals surface area contributed by atoms with Crippen LogP contribution in [0.1, 0.15) is 5.01 Å². The molecule has 0 bridgehead atoms. The minimum absolute atomic E-state index is 0.698. The third kappa shape index (κ3) is 2.40. The van der Waals surface area contributed by atoms with Crippen molar-refractivity contribution in [1.29, 1.82) is 0 Å². The van der Waals surface area contributed by atoms with Gasteiger partial charge in [0.2, 0.25) is 0 Å². The summed E-state index contributed by atoms with van der Waals surface area (Å²) in [6, 6.07) is 0. The molecule has 0 saturated heterocycles. The maximum atomic E-state index is 5.74. The van der Waals surface area contributed by atoms with Gasteiger partial charge in [-0.05, 0) is 18.7 Å². The number of aromatic nitrogens is 3. The van der Waals surface area contributed by atoms with Crippen LogP contribution in [-0.2, 0) is 0 Å². The Kier molecular flexibility index (Phi) is 2.83. The van der Waals surface area contributed by atoms with E-state index in [9.17, 15) is 0 Å². The molecule has 2 heterocycles. The molecule has 0 radical (unpaired) electrons. The van der Waals surface area contributed by atoms with Crippen molar-refractivity contribution in [3.8, 4) is 0 Å². The minimum Gasteiger partial charge on any atom is -0.236 e. The first-order valence-electron chi connectivity index (χ1n) is 3.33. The summed E-state index contributed by atoms with van der Waals surface area (Å²) in [6.45, 7) is 1.93. The van der Waals surface area contributed by atoms with Crippen LogP contribution in [0.25, 0.3) is 0 Å². The second-order valence-corrected chi connectivity index (χ2v) is 6.46. The van der Waals surface area contributed by atoms with Crippen LogP contribution in [0, 0.1) is 6.92 Å². The zero-order valence-electron chi connectivity index (χ0n) is 6.52. The summed E-state index contributed by atoms with van der Waals surface area (Å²) in [5.74, 6) is 0. The third-order valence-corrected chi connectivity index (χ3v) is 4.22. The SMILES string of the molecule is Cc1nnc(Sc2ncc(Cl)s2)s1. The Bertz CT molecular complexity index is 372. The predicted octanol–water partition coefficient (Wildman–Crippen LogP) is 3.11. The van der Waals surface area contributed by atoms with Gasteiger partial charge in [-0.1, -0.05) is 34.3 Å². The molecule has 0 aliphatic rings. The van der Waals surface area contributed by atoms with E-state index in [1.165, 1.54) is 23.1 Å². The molecule has 68 valence electrons. The zero-order valence-corrected chi connectivity index (χ0v) is 9.73. The minimum atomic E-state index is 0.698. The first-order valence-corrected chi connectivity index (χ1v) is 6.16. The molecule has 3 nitrogen and oxygen atoms in total. The van der Waals surface area contributed by atoms with Crippen molar-refractivity contribution in [2.75, 3.05) is 0 Å². The smallest absolute Gasteiger partial charge is 0.181 e. The van der Waals surface area contributed by atoms with E-state index < -0.39 is 0 Å². The van der Waals surface area contributed by atoms with Crippen molar-refractivity contribution in [1.82, 2.24) is 15.2 Å².